The van der Waals surface area contributed by atoms with E-state index in [0.29, 0.717) is 17.2 Å². The fraction of sp³-hybridized carbons (Fsp3) is 0.308. The molecule has 8 nitrogen and oxygen atoms in total. The van der Waals surface area contributed by atoms with Gasteiger partial charge in [-0.05, 0) is 20.8 Å². The van der Waals surface area contributed by atoms with Crippen LogP contribution in [0.15, 0.2) is 15.8 Å². The van der Waals surface area contributed by atoms with E-state index in [1.54, 1.807) is 6.92 Å². The number of hydrogen-bond donors (Lipinski definition) is 2. The van der Waals surface area contributed by atoms with E-state index >= 15 is 0 Å². The lowest BCUT2D eigenvalue weighted by Gasteiger charge is -2.08. The maximum atomic E-state index is 12.0. The van der Waals surface area contributed by atoms with Gasteiger partial charge in [0.05, 0.1) is 11.9 Å². The third-order valence-electron chi connectivity index (χ3n) is 3.24. The first-order chi connectivity index (χ1) is 10.4. The van der Waals surface area contributed by atoms with Gasteiger partial charge in [0.1, 0.15) is 16.4 Å². The van der Waals surface area contributed by atoms with Crippen molar-refractivity contribution in [2.75, 3.05) is 0 Å². The molecule has 0 aliphatic heterocycles. The molecular weight excluding hydrogens is 308 g/mol. The first-order valence-electron chi connectivity index (χ1n) is 6.62. The van der Waals surface area contributed by atoms with Crippen LogP contribution in [0.3, 0.4) is 0 Å². The number of fused-ring (bicyclic) bond motifs is 1. The van der Waals surface area contributed by atoms with Gasteiger partial charge in [0, 0.05) is 6.04 Å². The van der Waals surface area contributed by atoms with Gasteiger partial charge in [-0.15, -0.1) is 0 Å². The van der Waals surface area contributed by atoms with Gasteiger partial charge in [0.25, 0.3) is 5.56 Å². The first-order valence-corrected chi connectivity index (χ1v) is 7.00. The van der Waals surface area contributed by atoms with Crippen molar-refractivity contribution in [3.05, 3.63) is 37.9 Å². The molecule has 9 heteroatoms. The van der Waals surface area contributed by atoms with Gasteiger partial charge in [-0.1, -0.05) is 11.6 Å². The summed E-state index contributed by atoms with van der Waals surface area (Å²) >= 11 is 5.79. The minimum absolute atomic E-state index is 0.152. The average molecular weight is 321 g/mol. The number of hydrogen-bond acceptors (Lipinski definition) is 5. The Morgan fingerprint density at radius 3 is 2.59 bits per heavy atom. The van der Waals surface area contributed by atoms with E-state index in [2.05, 4.69) is 24.9 Å². The van der Waals surface area contributed by atoms with Gasteiger partial charge in [-0.3, -0.25) is 14.3 Å². The zero-order valence-electron chi connectivity index (χ0n) is 12.1. The SMILES string of the molecule is Cc1nc(Cl)cnc1-c1nc2c([nH]1)c(=O)[nH]c(=O)n2C(C)C. The monoisotopic (exact) mass is 320 g/mol. The van der Waals surface area contributed by atoms with Crippen LogP contribution < -0.4 is 11.2 Å². The Balaban J connectivity index is 2.35. The number of halogens is 1. The molecule has 0 aromatic carbocycles. The number of aromatic amines is 2. The molecule has 3 aromatic rings. The summed E-state index contributed by atoms with van der Waals surface area (Å²) in [5, 5.41) is 0.272. The van der Waals surface area contributed by atoms with Crippen LogP contribution in [0.4, 0.5) is 0 Å². The molecule has 22 heavy (non-hydrogen) atoms. The zero-order chi connectivity index (χ0) is 16.0. The number of aryl methyl sites for hydroxylation is 1. The second-order valence-corrected chi connectivity index (χ2v) is 5.52. The largest absolute Gasteiger partial charge is 0.331 e. The Morgan fingerprint density at radius 1 is 1.23 bits per heavy atom. The molecule has 0 saturated heterocycles. The Hall–Kier alpha value is -2.48. The molecule has 0 radical (unpaired) electrons. The number of nitrogens with zero attached hydrogens (tertiary/aromatic N) is 4. The lowest BCUT2D eigenvalue weighted by molar-refractivity contribution is 0.580. The Bertz CT molecular complexity index is 984. The molecule has 3 rings (SSSR count). The van der Waals surface area contributed by atoms with Crippen molar-refractivity contribution in [1.29, 1.82) is 0 Å². The molecule has 0 aliphatic carbocycles. The molecule has 3 heterocycles. The number of aromatic nitrogens is 6. The molecule has 3 aromatic heterocycles. The Morgan fingerprint density at radius 2 is 1.95 bits per heavy atom. The number of H-pyrrole nitrogens is 2. The summed E-state index contributed by atoms with van der Waals surface area (Å²) in [5.74, 6) is 0.363. The quantitative estimate of drug-likeness (QED) is 0.742. The lowest BCUT2D eigenvalue weighted by Crippen LogP contribution is -2.31. The van der Waals surface area contributed by atoms with E-state index in [-0.39, 0.29) is 22.4 Å². The first kappa shape index (κ1) is 14.5. The summed E-state index contributed by atoms with van der Waals surface area (Å²) in [6.07, 6.45) is 1.40. The number of nitrogens with one attached hydrogen (secondary N) is 2. The summed E-state index contributed by atoms with van der Waals surface area (Å²) in [4.78, 5) is 41.7. The normalized spacial score (nSPS) is 11.5. The average Bonchev–Trinajstić information content (AvgIpc) is 2.82. The van der Waals surface area contributed by atoms with Crippen LogP contribution in [0.25, 0.3) is 22.7 Å². The fourth-order valence-corrected chi connectivity index (χ4v) is 2.47. The number of rotatable bonds is 2. The Kier molecular flexibility index (Phi) is 3.32. The van der Waals surface area contributed by atoms with Crippen molar-refractivity contribution >= 4 is 22.8 Å². The molecule has 114 valence electrons. The van der Waals surface area contributed by atoms with Crippen molar-refractivity contribution in [1.82, 2.24) is 29.5 Å². The third-order valence-corrected chi connectivity index (χ3v) is 3.42. The fourth-order valence-electron chi connectivity index (χ4n) is 2.29. The maximum absolute atomic E-state index is 12.0. The smallest absolute Gasteiger partial charge is 0.330 e. The van der Waals surface area contributed by atoms with Gasteiger partial charge in [-0.2, -0.15) is 0 Å². The second kappa shape index (κ2) is 5.06. The van der Waals surface area contributed by atoms with Gasteiger partial charge in [-0.25, -0.2) is 19.7 Å². The summed E-state index contributed by atoms with van der Waals surface area (Å²) in [6.45, 7) is 5.41. The second-order valence-electron chi connectivity index (χ2n) is 5.13. The van der Waals surface area contributed by atoms with Crippen LogP contribution in [0.2, 0.25) is 5.15 Å². The maximum Gasteiger partial charge on any atom is 0.330 e. The molecule has 0 spiro atoms. The molecule has 0 amide bonds. The highest BCUT2D eigenvalue weighted by atomic mass is 35.5. The van der Waals surface area contributed by atoms with Gasteiger partial charge < -0.3 is 4.98 Å². The van der Waals surface area contributed by atoms with Gasteiger partial charge in [0.15, 0.2) is 11.5 Å². The Labute approximate surface area is 129 Å². The van der Waals surface area contributed by atoms with Crippen molar-refractivity contribution in [2.45, 2.75) is 26.8 Å². The molecule has 0 unspecified atom stereocenters. The minimum Gasteiger partial charge on any atom is -0.331 e. The molecule has 0 bridgehead atoms. The van der Waals surface area contributed by atoms with Crippen molar-refractivity contribution in [3.8, 4) is 11.5 Å². The van der Waals surface area contributed by atoms with E-state index in [1.807, 2.05) is 13.8 Å². The van der Waals surface area contributed by atoms with E-state index in [1.165, 1.54) is 10.8 Å². The number of imidazole rings is 1. The third kappa shape index (κ3) is 2.21. The molecular formula is C13H13ClN6O2. The van der Waals surface area contributed by atoms with Gasteiger partial charge in [0.2, 0.25) is 0 Å². The highest BCUT2D eigenvalue weighted by molar-refractivity contribution is 6.29. The summed E-state index contributed by atoms with van der Waals surface area (Å²) in [7, 11) is 0. The summed E-state index contributed by atoms with van der Waals surface area (Å²) < 4.78 is 1.41. The van der Waals surface area contributed by atoms with Crippen molar-refractivity contribution in [2.24, 2.45) is 0 Å². The van der Waals surface area contributed by atoms with E-state index in [4.69, 9.17) is 11.6 Å². The standard InChI is InChI=1S/C13H13ClN6O2/c1-5(2)20-11-9(12(21)19-13(20)22)17-10(18-11)8-6(3)16-7(14)4-15-8/h4-5H,1-3H3,(H,17,18)(H,19,21,22). The minimum atomic E-state index is -0.518. The van der Waals surface area contributed by atoms with E-state index in [9.17, 15) is 9.59 Å². The lowest BCUT2D eigenvalue weighted by atomic mass is 10.3. The van der Waals surface area contributed by atoms with Crippen molar-refractivity contribution < 1.29 is 0 Å². The van der Waals surface area contributed by atoms with Crippen LogP contribution in [0.1, 0.15) is 25.6 Å². The van der Waals surface area contributed by atoms with Crippen molar-refractivity contribution in [3.63, 3.8) is 0 Å². The predicted molar refractivity (Wildman–Crippen MR) is 82.1 cm³/mol. The van der Waals surface area contributed by atoms with Crippen LogP contribution in [0, 0.1) is 6.92 Å². The van der Waals surface area contributed by atoms with Crippen LogP contribution in [-0.4, -0.2) is 29.5 Å². The molecule has 0 fully saturated rings. The topological polar surface area (TPSA) is 109 Å². The van der Waals surface area contributed by atoms with E-state index in [0.717, 1.165) is 0 Å². The highest BCUT2D eigenvalue weighted by Gasteiger charge is 2.17. The highest BCUT2D eigenvalue weighted by Crippen LogP contribution is 2.20. The molecule has 2 N–H and O–H groups in total. The predicted octanol–water partition coefficient (Wildman–Crippen LogP) is 1.41. The van der Waals surface area contributed by atoms with E-state index < -0.39 is 11.2 Å². The molecule has 0 aliphatic rings. The summed E-state index contributed by atoms with van der Waals surface area (Å²) in [5.41, 5.74) is 0.540. The zero-order valence-corrected chi connectivity index (χ0v) is 12.9. The molecule has 0 saturated carbocycles. The van der Waals surface area contributed by atoms with Crippen LogP contribution >= 0.6 is 11.6 Å². The van der Waals surface area contributed by atoms with Crippen LogP contribution in [0.5, 0.6) is 0 Å². The van der Waals surface area contributed by atoms with Gasteiger partial charge >= 0.3 is 5.69 Å². The summed E-state index contributed by atoms with van der Waals surface area (Å²) in [6, 6.07) is -0.152. The van der Waals surface area contributed by atoms with Crippen LogP contribution in [-0.2, 0) is 0 Å². The molecule has 0 atom stereocenters.